The number of hydrogen-bond donors (Lipinski definition) is 3. The van der Waals surface area contributed by atoms with Crippen molar-refractivity contribution in [3.8, 4) is 0 Å². The first kappa shape index (κ1) is 15.9. The highest BCUT2D eigenvalue weighted by Crippen LogP contribution is 2.32. The Kier molecular flexibility index (Phi) is 4.65. The van der Waals surface area contributed by atoms with Crippen molar-refractivity contribution >= 4 is 21.6 Å². The van der Waals surface area contributed by atoms with Gasteiger partial charge in [0, 0.05) is 6.54 Å². The zero-order valence-corrected chi connectivity index (χ0v) is 13.1. The van der Waals surface area contributed by atoms with Gasteiger partial charge in [0.25, 0.3) is 0 Å². The van der Waals surface area contributed by atoms with Gasteiger partial charge < -0.3 is 10.6 Å². The van der Waals surface area contributed by atoms with Crippen LogP contribution in [0.1, 0.15) is 19.8 Å². The molecule has 0 saturated carbocycles. The van der Waals surface area contributed by atoms with Gasteiger partial charge in [-0.3, -0.25) is 4.79 Å². The molecule has 0 radical (unpaired) electrons. The van der Waals surface area contributed by atoms with Crippen LogP contribution in [0.4, 0.5) is 5.69 Å². The van der Waals surface area contributed by atoms with Gasteiger partial charge in [0.15, 0.2) is 0 Å². The predicted octanol–water partition coefficient (Wildman–Crippen LogP) is 0.923. The third kappa shape index (κ3) is 3.09. The lowest BCUT2D eigenvalue weighted by atomic mass is 9.83. The van der Waals surface area contributed by atoms with Crippen molar-refractivity contribution in [2.75, 3.05) is 25.5 Å². The molecule has 21 heavy (non-hydrogen) atoms. The number of nitrogens with one attached hydrogen (secondary N) is 3. The van der Waals surface area contributed by atoms with E-state index in [0.29, 0.717) is 18.7 Å². The van der Waals surface area contributed by atoms with Gasteiger partial charge in [-0.15, -0.1) is 0 Å². The molecule has 6 nitrogen and oxygen atoms in total. The monoisotopic (exact) mass is 311 g/mol. The van der Waals surface area contributed by atoms with Crippen molar-refractivity contribution < 1.29 is 13.2 Å². The SMILES string of the molecule is CCC1(C(=O)Nc2ccccc2S(=O)(=O)NC)CCNC1. The van der Waals surface area contributed by atoms with Crippen molar-refractivity contribution in [1.82, 2.24) is 10.0 Å². The van der Waals surface area contributed by atoms with E-state index >= 15 is 0 Å². The highest BCUT2D eigenvalue weighted by Gasteiger charge is 2.39. The topological polar surface area (TPSA) is 87.3 Å². The Balaban J connectivity index is 2.30. The van der Waals surface area contributed by atoms with Crippen LogP contribution < -0.4 is 15.4 Å². The summed E-state index contributed by atoms with van der Waals surface area (Å²) in [6.45, 7) is 3.40. The number of hydrogen-bond acceptors (Lipinski definition) is 4. The van der Waals surface area contributed by atoms with Crippen molar-refractivity contribution in [2.24, 2.45) is 5.41 Å². The van der Waals surface area contributed by atoms with Crippen LogP contribution in [0.25, 0.3) is 0 Å². The van der Waals surface area contributed by atoms with Gasteiger partial charge in [-0.25, -0.2) is 13.1 Å². The third-order valence-electron chi connectivity index (χ3n) is 4.10. The normalized spacial score (nSPS) is 22.2. The van der Waals surface area contributed by atoms with E-state index < -0.39 is 15.4 Å². The third-order valence-corrected chi connectivity index (χ3v) is 5.57. The molecular weight excluding hydrogens is 290 g/mol. The first-order chi connectivity index (χ1) is 9.95. The molecule has 1 atom stereocenters. The fourth-order valence-corrected chi connectivity index (χ4v) is 3.46. The summed E-state index contributed by atoms with van der Waals surface area (Å²) in [5.74, 6) is -0.131. The Hall–Kier alpha value is -1.44. The number of rotatable bonds is 5. The molecule has 1 unspecified atom stereocenters. The summed E-state index contributed by atoms with van der Waals surface area (Å²) < 4.78 is 26.3. The molecular formula is C14H21N3O3S. The van der Waals surface area contributed by atoms with E-state index in [1.165, 1.54) is 13.1 Å². The van der Waals surface area contributed by atoms with Crippen LogP contribution in [0.2, 0.25) is 0 Å². The average molecular weight is 311 g/mol. The van der Waals surface area contributed by atoms with Crippen LogP contribution in [0.5, 0.6) is 0 Å². The van der Waals surface area contributed by atoms with Gasteiger partial charge in [-0.1, -0.05) is 19.1 Å². The smallest absolute Gasteiger partial charge is 0.242 e. The fraction of sp³-hybridized carbons (Fsp3) is 0.500. The molecule has 116 valence electrons. The van der Waals surface area contributed by atoms with Crippen molar-refractivity contribution in [2.45, 2.75) is 24.7 Å². The molecule has 1 amide bonds. The van der Waals surface area contributed by atoms with Crippen molar-refractivity contribution in [1.29, 1.82) is 0 Å². The van der Waals surface area contributed by atoms with Crippen molar-refractivity contribution in [3.63, 3.8) is 0 Å². The number of benzene rings is 1. The maximum atomic E-state index is 12.6. The molecule has 2 rings (SSSR count). The van der Waals surface area contributed by atoms with Crippen LogP contribution in [-0.4, -0.2) is 34.5 Å². The Morgan fingerprint density at radius 1 is 1.38 bits per heavy atom. The van der Waals surface area contributed by atoms with E-state index in [2.05, 4.69) is 15.4 Å². The second-order valence-electron chi connectivity index (χ2n) is 5.22. The van der Waals surface area contributed by atoms with Gasteiger partial charge in [0.05, 0.1) is 11.1 Å². The van der Waals surface area contributed by atoms with E-state index in [-0.39, 0.29) is 10.8 Å². The van der Waals surface area contributed by atoms with Gasteiger partial charge in [-0.05, 0) is 38.6 Å². The quantitative estimate of drug-likeness (QED) is 0.755. The zero-order chi connectivity index (χ0) is 15.5. The van der Waals surface area contributed by atoms with Crippen LogP contribution in [0.15, 0.2) is 29.2 Å². The first-order valence-electron chi connectivity index (χ1n) is 7.00. The van der Waals surface area contributed by atoms with E-state index in [4.69, 9.17) is 0 Å². The number of para-hydroxylation sites is 1. The van der Waals surface area contributed by atoms with Crippen LogP contribution in [-0.2, 0) is 14.8 Å². The van der Waals surface area contributed by atoms with Crippen molar-refractivity contribution in [3.05, 3.63) is 24.3 Å². The summed E-state index contributed by atoms with van der Waals surface area (Å²) in [5, 5.41) is 5.98. The Labute approximate surface area is 125 Å². The molecule has 1 fully saturated rings. The largest absolute Gasteiger partial charge is 0.324 e. The molecule has 1 heterocycles. The highest BCUT2D eigenvalue weighted by molar-refractivity contribution is 7.89. The minimum absolute atomic E-state index is 0.0815. The maximum Gasteiger partial charge on any atom is 0.242 e. The summed E-state index contributed by atoms with van der Waals surface area (Å²) in [6, 6.07) is 6.42. The summed E-state index contributed by atoms with van der Waals surface area (Å²) in [4.78, 5) is 12.7. The second kappa shape index (κ2) is 6.13. The number of sulfonamides is 1. The van der Waals surface area contributed by atoms with E-state index in [9.17, 15) is 13.2 Å². The molecule has 0 bridgehead atoms. The molecule has 0 spiro atoms. The average Bonchev–Trinajstić information content (AvgIpc) is 2.98. The summed E-state index contributed by atoms with van der Waals surface area (Å²) in [6.07, 6.45) is 1.48. The van der Waals surface area contributed by atoms with E-state index in [1.54, 1.807) is 18.2 Å². The zero-order valence-electron chi connectivity index (χ0n) is 12.3. The molecule has 1 aromatic carbocycles. The Morgan fingerprint density at radius 2 is 2.10 bits per heavy atom. The van der Waals surface area contributed by atoms with Crippen LogP contribution in [0.3, 0.4) is 0 Å². The van der Waals surface area contributed by atoms with Gasteiger partial charge in [0.1, 0.15) is 4.90 Å². The van der Waals surface area contributed by atoms with E-state index in [1.807, 2.05) is 6.92 Å². The maximum absolute atomic E-state index is 12.6. The molecule has 7 heteroatoms. The molecule has 1 aliphatic rings. The number of carbonyl (C=O) groups excluding carboxylic acids is 1. The van der Waals surface area contributed by atoms with Crippen LogP contribution in [0, 0.1) is 5.41 Å². The van der Waals surface area contributed by atoms with Gasteiger partial charge in [-0.2, -0.15) is 0 Å². The molecule has 1 saturated heterocycles. The van der Waals surface area contributed by atoms with Gasteiger partial charge >= 0.3 is 0 Å². The summed E-state index contributed by atoms with van der Waals surface area (Å²) in [5.41, 5.74) is -0.146. The van der Waals surface area contributed by atoms with E-state index in [0.717, 1.165) is 13.0 Å². The molecule has 0 aromatic heterocycles. The number of carbonyl (C=O) groups is 1. The number of amides is 1. The minimum Gasteiger partial charge on any atom is -0.324 e. The van der Waals surface area contributed by atoms with Gasteiger partial charge in [0.2, 0.25) is 15.9 Å². The minimum atomic E-state index is -3.60. The Morgan fingerprint density at radius 3 is 2.67 bits per heavy atom. The lowest BCUT2D eigenvalue weighted by Gasteiger charge is -2.25. The summed E-state index contributed by atoms with van der Waals surface area (Å²) in [7, 11) is -2.26. The molecule has 3 N–H and O–H groups in total. The molecule has 1 aromatic rings. The first-order valence-corrected chi connectivity index (χ1v) is 8.48. The molecule has 1 aliphatic heterocycles. The second-order valence-corrected chi connectivity index (χ2v) is 7.07. The lowest BCUT2D eigenvalue weighted by molar-refractivity contribution is -0.124. The number of anilines is 1. The predicted molar refractivity (Wildman–Crippen MR) is 81.5 cm³/mol. The fourth-order valence-electron chi connectivity index (χ4n) is 2.57. The molecule has 0 aliphatic carbocycles. The highest BCUT2D eigenvalue weighted by atomic mass is 32.2. The Bertz CT molecular complexity index is 622. The van der Waals surface area contributed by atoms with Crippen LogP contribution >= 0.6 is 0 Å². The standard InChI is InChI=1S/C14H21N3O3S/c1-3-14(8-9-16-10-14)13(18)17-11-6-4-5-7-12(11)21(19,20)15-2/h4-7,15-16H,3,8-10H2,1-2H3,(H,17,18). The summed E-state index contributed by atoms with van der Waals surface area (Å²) >= 11 is 0. The lowest BCUT2D eigenvalue weighted by Crippen LogP contribution is -2.38.